The van der Waals surface area contributed by atoms with Crippen molar-refractivity contribution in [3.8, 4) is 0 Å². The Morgan fingerprint density at radius 2 is 1.82 bits per heavy atom. The number of benzene rings is 2. The molecule has 1 aliphatic carbocycles. The van der Waals surface area contributed by atoms with Crippen molar-refractivity contribution >= 4 is 45.1 Å². The molecule has 0 spiro atoms. The Kier molecular flexibility index (Phi) is 8.77. The molecule has 0 aromatic heterocycles. The summed E-state index contributed by atoms with van der Waals surface area (Å²) in [5.41, 5.74) is 0.530. The van der Waals surface area contributed by atoms with E-state index in [1.54, 1.807) is 30.0 Å². The Balaban J connectivity index is 1.80. The quantitative estimate of drug-likeness (QED) is 0.358. The summed E-state index contributed by atoms with van der Waals surface area (Å²) in [4.78, 5) is 27.9. The molecule has 4 atom stereocenters. The van der Waals surface area contributed by atoms with E-state index in [1.807, 2.05) is 37.3 Å². The number of carbonyl (C=O) groups is 2. The molecule has 0 bridgehead atoms. The molecule has 4 rings (SSSR count). The number of carbonyl (C=O) groups excluding carboxylic acids is 1. The number of nitrogens with one attached hydrogen (secondary N) is 1. The Morgan fingerprint density at radius 1 is 1.13 bits per heavy atom. The van der Waals surface area contributed by atoms with Gasteiger partial charge in [0.15, 0.2) is 0 Å². The van der Waals surface area contributed by atoms with Gasteiger partial charge < -0.3 is 10.0 Å². The third-order valence-corrected chi connectivity index (χ3v) is 9.69. The number of carboxylic acids is 1. The number of hydrogen-bond donors (Lipinski definition) is 2. The van der Waals surface area contributed by atoms with Crippen LogP contribution in [0.1, 0.15) is 69.0 Å². The van der Waals surface area contributed by atoms with Gasteiger partial charge in [-0.2, -0.15) is 0 Å². The zero-order chi connectivity index (χ0) is 27.7. The van der Waals surface area contributed by atoms with Crippen molar-refractivity contribution in [2.24, 2.45) is 11.3 Å². The second kappa shape index (κ2) is 11.5. The minimum absolute atomic E-state index is 0.0484. The van der Waals surface area contributed by atoms with E-state index in [-0.39, 0.29) is 36.5 Å². The van der Waals surface area contributed by atoms with Crippen molar-refractivity contribution in [1.29, 1.82) is 0 Å². The number of halogens is 2. The molecule has 38 heavy (non-hydrogen) atoms. The summed E-state index contributed by atoms with van der Waals surface area (Å²) < 4.78 is 28.2. The van der Waals surface area contributed by atoms with Gasteiger partial charge in [0, 0.05) is 28.5 Å². The molecule has 206 valence electrons. The summed E-state index contributed by atoms with van der Waals surface area (Å²) in [5, 5.41) is 10.8. The van der Waals surface area contributed by atoms with E-state index in [1.165, 1.54) is 0 Å². The van der Waals surface area contributed by atoms with Crippen LogP contribution in [0.5, 0.6) is 0 Å². The molecule has 10 heteroatoms. The maximum Gasteiger partial charge on any atom is 0.304 e. The standard InChI is InChI=1S/C28H34Cl2N2O5S/c1-3-23(16-31-38(36,37)17-18-7-8-18)32-26(19-9-11-21(29)12-10-19)24(20-5-4-6-22(30)13-20)14-28(2,27(32)35)15-25(33)34/h4-6,9-13,18,23-24,26,31H,3,7-8,14-17H2,1-2H3,(H,33,34). The molecule has 1 heterocycles. The molecular weight excluding hydrogens is 547 g/mol. The third kappa shape index (κ3) is 6.71. The van der Waals surface area contributed by atoms with Crippen LogP contribution in [0, 0.1) is 11.3 Å². The molecule has 0 radical (unpaired) electrons. The van der Waals surface area contributed by atoms with Gasteiger partial charge in [-0.1, -0.05) is 61.3 Å². The lowest BCUT2D eigenvalue weighted by Crippen LogP contribution is -2.58. The number of aliphatic carboxylic acids is 1. The topological polar surface area (TPSA) is 104 Å². The van der Waals surface area contributed by atoms with Crippen LogP contribution in [-0.2, 0) is 19.6 Å². The van der Waals surface area contributed by atoms with Crippen molar-refractivity contribution in [2.75, 3.05) is 12.3 Å². The minimum atomic E-state index is -3.50. The first-order valence-corrected chi connectivity index (χ1v) is 15.4. The van der Waals surface area contributed by atoms with Crippen LogP contribution in [0.4, 0.5) is 0 Å². The molecular formula is C28H34Cl2N2O5S. The number of likely N-dealkylation sites (tertiary alicyclic amines) is 1. The van der Waals surface area contributed by atoms with Gasteiger partial charge in [0.2, 0.25) is 15.9 Å². The summed E-state index contributed by atoms with van der Waals surface area (Å²) in [6.07, 6.45) is 2.27. The molecule has 2 aromatic rings. The van der Waals surface area contributed by atoms with Crippen LogP contribution in [0.25, 0.3) is 0 Å². The third-order valence-electron chi connectivity index (χ3n) is 7.69. The lowest BCUT2D eigenvalue weighted by Gasteiger charge is -2.52. The monoisotopic (exact) mass is 580 g/mol. The number of nitrogens with zero attached hydrogens (tertiary/aromatic N) is 1. The Bertz CT molecular complexity index is 1280. The number of amides is 1. The molecule has 1 saturated carbocycles. The van der Waals surface area contributed by atoms with Crippen LogP contribution in [-0.4, -0.2) is 48.6 Å². The number of sulfonamides is 1. The smallest absolute Gasteiger partial charge is 0.304 e. The first kappa shape index (κ1) is 28.9. The van der Waals surface area contributed by atoms with Crippen molar-refractivity contribution in [2.45, 2.75) is 64.0 Å². The SMILES string of the molecule is CCC(CNS(=O)(=O)CC1CC1)N1C(=O)C(C)(CC(=O)O)CC(c2cccc(Cl)c2)C1c1ccc(Cl)cc1. The van der Waals surface area contributed by atoms with Crippen LogP contribution in [0.2, 0.25) is 10.0 Å². The van der Waals surface area contributed by atoms with Crippen LogP contribution >= 0.6 is 23.2 Å². The zero-order valence-electron chi connectivity index (χ0n) is 21.6. The van der Waals surface area contributed by atoms with Gasteiger partial charge in [0.05, 0.1) is 23.6 Å². The molecule has 2 fully saturated rings. The molecule has 2 aromatic carbocycles. The molecule has 2 N–H and O–H groups in total. The average molecular weight is 582 g/mol. The van der Waals surface area contributed by atoms with E-state index in [0.29, 0.717) is 22.9 Å². The molecule has 1 amide bonds. The number of carboxylic acid groups (broad SMARTS) is 1. The van der Waals surface area contributed by atoms with Crippen molar-refractivity contribution in [1.82, 2.24) is 9.62 Å². The fourth-order valence-corrected chi connectivity index (χ4v) is 7.44. The van der Waals surface area contributed by atoms with E-state index in [4.69, 9.17) is 23.2 Å². The lowest BCUT2D eigenvalue weighted by atomic mass is 9.67. The van der Waals surface area contributed by atoms with Crippen molar-refractivity contribution in [3.63, 3.8) is 0 Å². The van der Waals surface area contributed by atoms with Crippen LogP contribution < -0.4 is 4.72 Å². The fraction of sp³-hybridized carbons (Fsp3) is 0.500. The maximum absolute atomic E-state index is 14.2. The highest BCUT2D eigenvalue weighted by Gasteiger charge is 2.52. The molecule has 4 unspecified atom stereocenters. The summed E-state index contributed by atoms with van der Waals surface area (Å²) >= 11 is 12.6. The summed E-state index contributed by atoms with van der Waals surface area (Å²) in [6, 6.07) is 13.7. The predicted molar refractivity (Wildman–Crippen MR) is 149 cm³/mol. The lowest BCUT2D eigenvalue weighted by molar-refractivity contribution is -0.160. The first-order chi connectivity index (χ1) is 17.9. The van der Waals surface area contributed by atoms with Gasteiger partial charge in [-0.3, -0.25) is 9.59 Å². The van der Waals surface area contributed by atoms with Crippen LogP contribution in [0.15, 0.2) is 48.5 Å². The summed E-state index contributed by atoms with van der Waals surface area (Å²) in [6.45, 7) is 3.65. The second-order valence-electron chi connectivity index (χ2n) is 10.8. The average Bonchev–Trinajstić information content (AvgIpc) is 3.65. The van der Waals surface area contributed by atoms with Crippen molar-refractivity contribution in [3.05, 3.63) is 69.7 Å². The first-order valence-electron chi connectivity index (χ1n) is 13.0. The minimum Gasteiger partial charge on any atom is -0.481 e. The van der Waals surface area contributed by atoms with Gasteiger partial charge >= 0.3 is 5.97 Å². The molecule has 1 saturated heterocycles. The number of rotatable bonds is 11. The van der Waals surface area contributed by atoms with E-state index < -0.39 is 33.5 Å². The van der Waals surface area contributed by atoms with Gasteiger partial charge in [-0.05, 0) is 67.0 Å². The number of piperidine rings is 1. The van der Waals surface area contributed by atoms with Gasteiger partial charge in [-0.15, -0.1) is 0 Å². The Hall–Kier alpha value is -2.13. The highest BCUT2D eigenvalue weighted by Crippen LogP contribution is 2.52. The Labute approximate surface area is 234 Å². The van der Waals surface area contributed by atoms with E-state index in [9.17, 15) is 23.1 Å². The molecule has 2 aliphatic rings. The highest BCUT2D eigenvalue weighted by atomic mass is 35.5. The highest BCUT2D eigenvalue weighted by molar-refractivity contribution is 7.89. The maximum atomic E-state index is 14.2. The Morgan fingerprint density at radius 3 is 2.39 bits per heavy atom. The van der Waals surface area contributed by atoms with Gasteiger partial charge in [0.1, 0.15) is 0 Å². The fourth-order valence-electron chi connectivity index (χ4n) is 5.60. The van der Waals surface area contributed by atoms with Crippen molar-refractivity contribution < 1.29 is 23.1 Å². The summed E-state index contributed by atoms with van der Waals surface area (Å²) in [5.74, 6) is -1.37. The second-order valence-corrected chi connectivity index (χ2v) is 13.6. The molecule has 7 nitrogen and oxygen atoms in total. The largest absolute Gasteiger partial charge is 0.481 e. The normalized spacial score (nSPS) is 24.8. The predicted octanol–water partition coefficient (Wildman–Crippen LogP) is 5.64. The zero-order valence-corrected chi connectivity index (χ0v) is 23.9. The van der Waals surface area contributed by atoms with E-state index in [2.05, 4.69) is 4.72 Å². The number of hydrogen-bond acceptors (Lipinski definition) is 4. The van der Waals surface area contributed by atoms with E-state index in [0.717, 1.165) is 24.0 Å². The van der Waals surface area contributed by atoms with E-state index >= 15 is 0 Å². The summed E-state index contributed by atoms with van der Waals surface area (Å²) in [7, 11) is -3.50. The molecule has 1 aliphatic heterocycles. The van der Waals surface area contributed by atoms with Gasteiger partial charge in [-0.25, -0.2) is 13.1 Å². The van der Waals surface area contributed by atoms with Gasteiger partial charge in [0.25, 0.3) is 0 Å². The van der Waals surface area contributed by atoms with Crippen LogP contribution in [0.3, 0.4) is 0 Å².